The van der Waals surface area contributed by atoms with Crippen LogP contribution in [0.5, 0.6) is 0 Å². The second-order valence-corrected chi connectivity index (χ2v) is 7.04. The highest BCUT2D eigenvalue weighted by atomic mass is 79.9. The SMILES string of the molecule is COCCCN1C(=O)C(=O)/C(=C(\O)c2ccc(Br)cc2)C1c1ccncc1. The van der Waals surface area contributed by atoms with E-state index in [0.717, 1.165) is 10.0 Å². The minimum atomic E-state index is -0.686. The van der Waals surface area contributed by atoms with Crippen molar-refractivity contribution in [2.24, 2.45) is 0 Å². The Morgan fingerprint density at radius 1 is 1.19 bits per heavy atom. The highest BCUT2D eigenvalue weighted by Crippen LogP contribution is 2.39. The summed E-state index contributed by atoms with van der Waals surface area (Å²) >= 11 is 3.35. The van der Waals surface area contributed by atoms with E-state index in [9.17, 15) is 14.7 Å². The number of likely N-dealkylation sites (tertiary alicyclic amines) is 1. The topological polar surface area (TPSA) is 79.7 Å². The fourth-order valence-corrected chi connectivity index (χ4v) is 3.41. The number of halogens is 1. The van der Waals surface area contributed by atoms with Crippen LogP contribution in [0.15, 0.2) is 58.8 Å². The number of carbonyl (C=O) groups excluding carboxylic acids is 2. The predicted molar refractivity (Wildman–Crippen MR) is 104 cm³/mol. The Morgan fingerprint density at radius 3 is 2.48 bits per heavy atom. The van der Waals surface area contributed by atoms with Gasteiger partial charge in [0.2, 0.25) is 0 Å². The van der Waals surface area contributed by atoms with Crippen LogP contribution >= 0.6 is 15.9 Å². The molecular weight excluding hydrogens is 412 g/mol. The van der Waals surface area contributed by atoms with Gasteiger partial charge in [0.15, 0.2) is 0 Å². The molecular formula is C20H19BrN2O4. The molecule has 0 bridgehead atoms. The van der Waals surface area contributed by atoms with Crippen molar-refractivity contribution < 1.29 is 19.4 Å². The Hall–Kier alpha value is -2.51. The van der Waals surface area contributed by atoms with E-state index in [4.69, 9.17) is 4.74 Å². The average molecular weight is 431 g/mol. The van der Waals surface area contributed by atoms with E-state index >= 15 is 0 Å². The Balaban J connectivity index is 2.09. The number of pyridine rings is 1. The lowest BCUT2D eigenvalue weighted by Crippen LogP contribution is -2.31. The van der Waals surface area contributed by atoms with Gasteiger partial charge in [-0.2, -0.15) is 0 Å². The van der Waals surface area contributed by atoms with Gasteiger partial charge in [-0.15, -0.1) is 0 Å². The lowest BCUT2D eigenvalue weighted by atomic mass is 9.96. The summed E-state index contributed by atoms with van der Waals surface area (Å²) in [4.78, 5) is 30.9. The van der Waals surface area contributed by atoms with Crippen LogP contribution in [0.25, 0.3) is 5.76 Å². The number of hydrogen-bond donors (Lipinski definition) is 1. The summed E-state index contributed by atoms with van der Waals surface area (Å²) in [5.74, 6) is -1.49. The van der Waals surface area contributed by atoms with E-state index in [-0.39, 0.29) is 11.3 Å². The molecule has 1 aromatic carbocycles. The molecule has 1 saturated heterocycles. The number of methoxy groups -OCH3 is 1. The fourth-order valence-electron chi connectivity index (χ4n) is 3.15. The summed E-state index contributed by atoms with van der Waals surface area (Å²) in [7, 11) is 1.59. The van der Waals surface area contributed by atoms with Gasteiger partial charge >= 0.3 is 0 Å². The number of amides is 1. The van der Waals surface area contributed by atoms with Crippen molar-refractivity contribution in [1.82, 2.24) is 9.88 Å². The maximum absolute atomic E-state index is 12.7. The molecule has 7 heteroatoms. The van der Waals surface area contributed by atoms with E-state index in [1.165, 1.54) is 4.90 Å². The quantitative estimate of drug-likeness (QED) is 0.329. The number of nitrogens with zero attached hydrogens (tertiary/aromatic N) is 2. The van der Waals surface area contributed by atoms with Gasteiger partial charge in [0, 0.05) is 42.7 Å². The van der Waals surface area contributed by atoms with Crippen LogP contribution in [0, 0.1) is 0 Å². The third-order valence-electron chi connectivity index (χ3n) is 4.43. The molecule has 1 aliphatic rings. The van der Waals surface area contributed by atoms with Crippen molar-refractivity contribution in [3.8, 4) is 0 Å². The molecule has 1 aliphatic heterocycles. The maximum Gasteiger partial charge on any atom is 0.295 e. The first-order chi connectivity index (χ1) is 13.0. The van der Waals surface area contributed by atoms with Gasteiger partial charge in [0.05, 0.1) is 11.6 Å². The molecule has 27 heavy (non-hydrogen) atoms. The molecule has 1 fully saturated rings. The van der Waals surface area contributed by atoms with Crippen LogP contribution in [-0.2, 0) is 14.3 Å². The molecule has 1 aromatic heterocycles. The number of ether oxygens (including phenoxy) is 1. The number of rotatable bonds is 6. The highest BCUT2D eigenvalue weighted by Gasteiger charge is 2.45. The largest absolute Gasteiger partial charge is 0.507 e. The Kier molecular flexibility index (Phi) is 6.03. The van der Waals surface area contributed by atoms with E-state index < -0.39 is 17.7 Å². The van der Waals surface area contributed by atoms with Crippen LogP contribution in [-0.4, -0.2) is 46.9 Å². The first-order valence-electron chi connectivity index (χ1n) is 8.47. The normalized spacial score (nSPS) is 18.9. The van der Waals surface area contributed by atoms with Crippen LogP contribution in [0.4, 0.5) is 0 Å². The number of aromatic nitrogens is 1. The minimum Gasteiger partial charge on any atom is -0.507 e. The Bertz CT molecular complexity index is 865. The number of aliphatic hydroxyl groups excluding tert-OH is 1. The van der Waals surface area contributed by atoms with E-state index in [0.29, 0.717) is 25.1 Å². The molecule has 0 aliphatic carbocycles. The first-order valence-corrected chi connectivity index (χ1v) is 9.27. The molecule has 0 radical (unpaired) electrons. The zero-order valence-corrected chi connectivity index (χ0v) is 16.3. The molecule has 0 saturated carbocycles. The lowest BCUT2D eigenvalue weighted by molar-refractivity contribution is -0.140. The second-order valence-electron chi connectivity index (χ2n) is 6.13. The van der Waals surface area contributed by atoms with Gasteiger partial charge in [-0.3, -0.25) is 14.6 Å². The molecule has 1 atom stereocenters. The monoisotopic (exact) mass is 430 g/mol. The van der Waals surface area contributed by atoms with Crippen LogP contribution in [0.2, 0.25) is 0 Å². The predicted octanol–water partition coefficient (Wildman–Crippen LogP) is 3.30. The molecule has 1 unspecified atom stereocenters. The first kappa shape index (κ1) is 19.3. The number of ketones is 1. The van der Waals surface area contributed by atoms with E-state index in [1.54, 1.807) is 55.9 Å². The summed E-state index contributed by atoms with van der Waals surface area (Å²) in [6, 6.07) is 9.76. The van der Waals surface area contributed by atoms with Crippen LogP contribution in [0.1, 0.15) is 23.6 Å². The van der Waals surface area contributed by atoms with Gasteiger partial charge < -0.3 is 14.7 Å². The molecule has 2 heterocycles. The summed E-state index contributed by atoms with van der Waals surface area (Å²) in [5, 5.41) is 10.8. The molecule has 3 rings (SSSR count). The van der Waals surface area contributed by atoms with Crippen molar-refractivity contribution in [3.63, 3.8) is 0 Å². The molecule has 6 nitrogen and oxygen atoms in total. The van der Waals surface area contributed by atoms with Crippen molar-refractivity contribution in [2.75, 3.05) is 20.3 Å². The Morgan fingerprint density at radius 2 is 1.85 bits per heavy atom. The average Bonchev–Trinajstić information content (AvgIpc) is 2.94. The minimum absolute atomic E-state index is 0.0888. The van der Waals surface area contributed by atoms with E-state index in [1.807, 2.05) is 0 Å². The second kappa shape index (κ2) is 8.45. The van der Waals surface area contributed by atoms with Gasteiger partial charge in [-0.05, 0) is 36.2 Å². The number of Topliss-reactive ketones (excluding diaryl/α,β-unsaturated/α-hetero) is 1. The summed E-state index contributed by atoms with van der Waals surface area (Å²) < 4.78 is 5.91. The van der Waals surface area contributed by atoms with Gasteiger partial charge in [-0.1, -0.05) is 28.1 Å². The standard InChI is InChI=1S/C20H19BrN2O4/c1-27-12-2-11-23-17(13-7-9-22-10-8-13)16(19(25)20(23)26)18(24)14-3-5-15(21)6-4-14/h3-10,17,24H,2,11-12H2,1H3/b18-16-. The van der Waals surface area contributed by atoms with Gasteiger partial charge in [0.25, 0.3) is 11.7 Å². The third kappa shape index (κ3) is 3.94. The van der Waals surface area contributed by atoms with Crippen molar-refractivity contribution in [2.45, 2.75) is 12.5 Å². The number of hydrogen-bond acceptors (Lipinski definition) is 5. The highest BCUT2D eigenvalue weighted by molar-refractivity contribution is 9.10. The smallest absolute Gasteiger partial charge is 0.295 e. The zero-order chi connectivity index (χ0) is 19.4. The summed E-state index contributed by atoms with van der Waals surface area (Å²) in [6.07, 6.45) is 3.79. The maximum atomic E-state index is 12.7. The van der Waals surface area contributed by atoms with Crippen LogP contribution < -0.4 is 0 Å². The van der Waals surface area contributed by atoms with Crippen molar-refractivity contribution in [1.29, 1.82) is 0 Å². The third-order valence-corrected chi connectivity index (χ3v) is 4.96. The zero-order valence-electron chi connectivity index (χ0n) is 14.8. The summed E-state index contributed by atoms with van der Waals surface area (Å²) in [5.41, 5.74) is 1.29. The Labute approximate surface area is 165 Å². The van der Waals surface area contributed by atoms with Crippen molar-refractivity contribution in [3.05, 3.63) is 70.0 Å². The number of benzene rings is 1. The van der Waals surface area contributed by atoms with Gasteiger partial charge in [-0.25, -0.2) is 0 Å². The molecule has 140 valence electrons. The number of aliphatic hydroxyl groups is 1. The molecule has 1 N–H and O–H groups in total. The fraction of sp³-hybridized carbons (Fsp3) is 0.250. The molecule has 1 amide bonds. The van der Waals surface area contributed by atoms with Crippen LogP contribution in [0.3, 0.4) is 0 Å². The lowest BCUT2D eigenvalue weighted by Gasteiger charge is -2.25. The van der Waals surface area contributed by atoms with Crippen molar-refractivity contribution >= 4 is 33.4 Å². The summed E-state index contributed by atoms with van der Waals surface area (Å²) in [6.45, 7) is 0.821. The van der Waals surface area contributed by atoms with E-state index in [2.05, 4.69) is 20.9 Å². The van der Waals surface area contributed by atoms with Gasteiger partial charge in [0.1, 0.15) is 5.76 Å². The number of carbonyl (C=O) groups is 2. The molecule has 0 spiro atoms. The molecule has 2 aromatic rings.